The first-order chi connectivity index (χ1) is 35.0. The van der Waals surface area contributed by atoms with Crippen LogP contribution in [0.3, 0.4) is 0 Å². The van der Waals surface area contributed by atoms with Crippen LogP contribution in [0.15, 0.2) is 36.5 Å². The molecule has 0 heterocycles. The molecule has 0 fully saturated rings. The number of aliphatic hydroxyl groups is 1. The molecule has 1 amide bonds. The van der Waals surface area contributed by atoms with E-state index in [1.807, 2.05) is 21.1 Å². The van der Waals surface area contributed by atoms with E-state index in [0.29, 0.717) is 23.9 Å². The summed E-state index contributed by atoms with van der Waals surface area (Å²) in [5, 5.41) is 14.1. The molecule has 0 aliphatic heterocycles. The van der Waals surface area contributed by atoms with Crippen molar-refractivity contribution in [2.24, 2.45) is 0 Å². The Bertz CT molecular complexity index is 1270. The third-order valence-electron chi connectivity index (χ3n) is 14.4. The van der Waals surface area contributed by atoms with Crippen LogP contribution in [0.2, 0.25) is 0 Å². The summed E-state index contributed by atoms with van der Waals surface area (Å²) in [7, 11) is 1.63. The Labute approximate surface area is 448 Å². The van der Waals surface area contributed by atoms with Crippen LogP contribution >= 0.6 is 7.82 Å². The molecule has 0 aromatic carbocycles. The lowest BCUT2D eigenvalue weighted by Gasteiger charge is -2.26. The molecule has 0 spiro atoms. The fourth-order valence-electron chi connectivity index (χ4n) is 9.47. The standard InChI is InChI=1S/C63H123N2O6P/c1-6-8-10-12-14-16-18-20-22-24-25-26-27-28-29-30-31-32-33-34-35-36-37-38-39-41-43-45-47-49-51-53-55-57-63(67)64-61(60-71-72(68,69)70-59-58-65(3,4)5)62(66)56-54-52-50-48-46-44-42-40-23-21-19-17-15-13-11-9-7-2/h18,20,24-25,27-28,61-62,66H,6-17,19,21-23,26,29-60H2,1-5H3,(H-,64,67,68,69)/p+1/b20-18-,25-24-,28-27-. The molecule has 0 bridgehead atoms. The number of allylic oxidation sites excluding steroid dienone is 6. The summed E-state index contributed by atoms with van der Waals surface area (Å²) in [5.74, 6) is -0.139. The maximum atomic E-state index is 13.0. The molecular formula is C63H124N2O6P+. The van der Waals surface area contributed by atoms with Crippen LogP contribution in [0.25, 0.3) is 0 Å². The third kappa shape index (κ3) is 56.4. The number of carbonyl (C=O) groups excluding carboxylic acids is 1. The molecule has 9 heteroatoms. The summed E-state index contributed by atoms with van der Waals surface area (Å²) in [6.45, 7) is 4.92. The summed E-state index contributed by atoms with van der Waals surface area (Å²) in [6, 6.07) is -0.759. The van der Waals surface area contributed by atoms with Gasteiger partial charge in [-0.2, -0.15) is 0 Å². The van der Waals surface area contributed by atoms with Crippen LogP contribution in [0.5, 0.6) is 0 Å². The molecule has 3 N–H and O–H groups in total. The highest BCUT2D eigenvalue weighted by Crippen LogP contribution is 2.43. The van der Waals surface area contributed by atoms with Crippen molar-refractivity contribution in [1.29, 1.82) is 0 Å². The van der Waals surface area contributed by atoms with Gasteiger partial charge in [0.2, 0.25) is 5.91 Å². The third-order valence-corrected chi connectivity index (χ3v) is 15.4. The average Bonchev–Trinajstić information content (AvgIpc) is 3.34. The molecule has 3 unspecified atom stereocenters. The normalized spacial score (nSPS) is 14.0. The molecule has 0 rings (SSSR count). The summed E-state index contributed by atoms with van der Waals surface area (Å²) in [6.07, 6.45) is 70.7. The van der Waals surface area contributed by atoms with Crippen molar-refractivity contribution in [3.05, 3.63) is 36.5 Å². The number of phosphoric acid groups is 1. The van der Waals surface area contributed by atoms with Crippen LogP contribution in [0.1, 0.15) is 309 Å². The van der Waals surface area contributed by atoms with Gasteiger partial charge >= 0.3 is 7.82 Å². The van der Waals surface area contributed by atoms with Crippen molar-refractivity contribution in [2.45, 2.75) is 321 Å². The maximum Gasteiger partial charge on any atom is 0.472 e. The molecule has 0 aliphatic carbocycles. The Morgan fingerprint density at radius 3 is 1.15 bits per heavy atom. The van der Waals surface area contributed by atoms with Gasteiger partial charge in [-0.3, -0.25) is 13.8 Å². The first kappa shape index (κ1) is 70.7. The Morgan fingerprint density at radius 1 is 0.472 bits per heavy atom. The number of unbranched alkanes of at least 4 members (excludes halogenated alkanes) is 39. The van der Waals surface area contributed by atoms with Gasteiger partial charge in [0.25, 0.3) is 0 Å². The average molecular weight is 1040 g/mol. The Morgan fingerprint density at radius 2 is 0.792 bits per heavy atom. The van der Waals surface area contributed by atoms with E-state index >= 15 is 0 Å². The van der Waals surface area contributed by atoms with E-state index in [9.17, 15) is 19.4 Å². The highest BCUT2D eigenvalue weighted by atomic mass is 31.2. The van der Waals surface area contributed by atoms with E-state index in [0.717, 1.165) is 51.4 Å². The molecule has 0 saturated carbocycles. The summed E-state index contributed by atoms with van der Waals surface area (Å²) in [5.41, 5.74) is 0. The highest BCUT2D eigenvalue weighted by Gasteiger charge is 2.28. The van der Waals surface area contributed by atoms with Gasteiger partial charge in [-0.25, -0.2) is 4.57 Å². The summed E-state index contributed by atoms with van der Waals surface area (Å²) >= 11 is 0. The Hall–Kier alpha value is -1.28. The van der Waals surface area contributed by atoms with Gasteiger partial charge in [0, 0.05) is 6.42 Å². The fourth-order valence-corrected chi connectivity index (χ4v) is 10.2. The largest absolute Gasteiger partial charge is 0.472 e. The van der Waals surface area contributed by atoms with E-state index in [-0.39, 0.29) is 19.1 Å². The van der Waals surface area contributed by atoms with Crippen LogP contribution in [0, 0.1) is 0 Å². The number of nitrogens with zero attached hydrogens (tertiary/aromatic N) is 1. The van der Waals surface area contributed by atoms with Gasteiger partial charge in [-0.15, -0.1) is 0 Å². The van der Waals surface area contributed by atoms with Crippen molar-refractivity contribution in [1.82, 2.24) is 5.32 Å². The van der Waals surface area contributed by atoms with Crippen LogP contribution < -0.4 is 5.32 Å². The zero-order chi connectivity index (χ0) is 52.7. The minimum Gasteiger partial charge on any atom is -0.391 e. The van der Waals surface area contributed by atoms with Gasteiger partial charge in [0.15, 0.2) is 0 Å². The number of amides is 1. The van der Waals surface area contributed by atoms with E-state index in [2.05, 4.69) is 55.6 Å². The lowest BCUT2D eigenvalue weighted by atomic mass is 10.0. The first-order valence-corrected chi connectivity index (χ1v) is 32.8. The molecule has 426 valence electrons. The predicted octanol–water partition coefficient (Wildman–Crippen LogP) is 19.3. The Balaban J connectivity index is 4.01. The number of hydrogen-bond acceptors (Lipinski definition) is 5. The Kier molecular flexibility index (Phi) is 53.5. The first-order valence-electron chi connectivity index (χ1n) is 31.4. The second kappa shape index (κ2) is 54.5. The molecular weight excluding hydrogens is 912 g/mol. The number of aliphatic hydroxyl groups excluding tert-OH is 1. The summed E-state index contributed by atoms with van der Waals surface area (Å²) < 4.78 is 23.8. The van der Waals surface area contributed by atoms with Crippen LogP contribution in [0.4, 0.5) is 0 Å². The van der Waals surface area contributed by atoms with Crippen molar-refractivity contribution < 1.29 is 32.9 Å². The van der Waals surface area contributed by atoms with E-state index in [1.165, 1.54) is 231 Å². The lowest BCUT2D eigenvalue weighted by molar-refractivity contribution is -0.870. The molecule has 0 aromatic heterocycles. The number of rotatable bonds is 58. The SMILES string of the molecule is CCCCCCC/C=C\C/C=C\C/C=C\CCCCCCCCCCCCCCCCCCCCC(=O)NC(COP(=O)(O)OCC[N+](C)(C)C)C(O)CCCCCCCCCCCCCCCCCCC. The highest BCUT2D eigenvalue weighted by molar-refractivity contribution is 7.47. The number of phosphoric ester groups is 1. The molecule has 8 nitrogen and oxygen atoms in total. The fraction of sp³-hybridized carbons (Fsp3) is 0.889. The second-order valence-corrected chi connectivity index (χ2v) is 24.2. The minimum atomic E-state index is -4.32. The second-order valence-electron chi connectivity index (χ2n) is 22.8. The van der Waals surface area contributed by atoms with Gasteiger partial charge < -0.3 is 19.8 Å². The molecule has 0 radical (unpaired) electrons. The van der Waals surface area contributed by atoms with Crippen molar-refractivity contribution in [3.8, 4) is 0 Å². The van der Waals surface area contributed by atoms with E-state index in [1.54, 1.807) is 0 Å². The minimum absolute atomic E-state index is 0.0763. The topological polar surface area (TPSA) is 105 Å². The van der Waals surface area contributed by atoms with Crippen LogP contribution in [-0.4, -0.2) is 73.4 Å². The van der Waals surface area contributed by atoms with Crippen molar-refractivity contribution in [2.75, 3.05) is 40.9 Å². The smallest absolute Gasteiger partial charge is 0.391 e. The maximum absolute atomic E-state index is 13.0. The summed E-state index contributed by atoms with van der Waals surface area (Å²) in [4.78, 5) is 23.4. The zero-order valence-corrected chi connectivity index (χ0v) is 49.6. The van der Waals surface area contributed by atoms with Crippen molar-refractivity contribution in [3.63, 3.8) is 0 Å². The van der Waals surface area contributed by atoms with Crippen molar-refractivity contribution >= 4 is 13.7 Å². The number of carbonyl (C=O) groups is 1. The predicted molar refractivity (Wildman–Crippen MR) is 314 cm³/mol. The van der Waals surface area contributed by atoms with Gasteiger partial charge in [0.05, 0.1) is 39.9 Å². The van der Waals surface area contributed by atoms with E-state index in [4.69, 9.17) is 9.05 Å². The monoisotopic (exact) mass is 1040 g/mol. The quantitative estimate of drug-likeness (QED) is 0.0243. The number of quaternary nitrogens is 1. The van der Waals surface area contributed by atoms with E-state index < -0.39 is 20.0 Å². The van der Waals surface area contributed by atoms with Gasteiger partial charge in [-0.1, -0.05) is 288 Å². The lowest BCUT2D eigenvalue weighted by Crippen LogP contribution is -2.46. The van der Waals surface area contributed by atoms with Gasteiger partial charge in [0.1, 0.15) is 13.2 Å². The molecule has 0 aromatic rings. The number of hydrogen-bond donors (Lipinski definition) is 3. The molecule has 0 aliphatic rings. The molecule has 72 heavy (non-hydrogen) atoms. The molecule has 3 atom stereocenters. The zero-order valence-electron chi connectivity index (χ0n) is 48.7. The van der Waals surface area contributed by atoms with Crippen LogP contribution in [-0.2, 0) is 18.4 Å². The van der Waals surface area contributed by atoms with Gasteiger partial charge in [-0.05, 0) is 51.4 Å². The number of likely N-dealkylation sites (N-methyl/N-ethyl adjacent to an activating group) is 1. The molecule has 0 saturated heterocycles. The number of nitrogens with one attached hydrogen (secondary N) is 1.